The number of hydrogen-bond donors (Lipinski definition) is 1. The minimum atomic E-state index is 0.447. The summed E-state index contributed by atoms with van der Waals surface area (Å²) in [5.41, 5.74) is 1.15. The number of nitrogens with zero attached hydrogens (tertiary/aromatic N) is 2. The van der Waals surface area contributed by atoms with E-state index >= 15 is 0 Å². The van der Waals surface area contributed by atoms with Crippen molar-refractivity contribution in [2.75, 3.05) is 19.6 Å². The third-order valence-electron chi connectivity index (χ3n) is 3.59. The van der Waals surface area contributed by atoms with Crippen LogP contribution in [0.3, 0.4) is 0 Å². The lowest BCUT2D eigenvalue weighted by Crippen LogP contribution is -2.54. The molecule has 2 rings (SSSR count). The van der Waals surface area contributed by atoms with Gasteiger partial charge in [-0.25, -0.2) is 4.98 Å². The van der Waals surface area contributed by atoms with Gasteiger partial charge in [0.1, 0.15) is 5.01 Å². The molecule has 2 heterocycles. The summed E-state index contributed by atoms with van der Waals surface area (Å²) in [6.45, 7) is 12.3. The summed E-state index contributed by atoms with van der Waals surface area (Å²) in [7, 11) is 0. The molecule has 1 aliphatic rings. The first-order valence-electron chi connectivity index (χ1n) is 6.48. The van der Waals surface area contributed by atoms with Crippen molar-refractivity contribution in [1.29, 1.82) is 0 Å². The third-order valence-corrected chi connectivity index (χ3v) is 4.72. The molecule has 2 unspecified atom stereocenters. The van der Waals surface area contributed by atoms with E-state index in [4.69, 9.17) is 0 Å². The van der Waals surface area contributed by atoms with Gasteiger partial charge in [0.2, 0.25) is 0 Å². The van der Waals surface area contributed by atoms with Gasteiger partial charge in [-0.3, -0.25) is 4.90 Å². The standard InChI is InChI=1S/C13H23N3S/c1-9(2)12-7-14-5-6-16(12)11(4)13-15-10(3)8-17-13/h8-9,11-12,14H,5-7H2,1-4H3. The molecule has 4 heteroatoms. The van der Waals surface area contributed by atoms with Crippen LogP contribution in [-0.2, 0) is 0 Å². The van der Waals surface area contributed by atoms with Crippen molar-refractivity contribution < 1.29 is 0 Å². The minimum Gasteiger partial charge on any atom is -0.314 e. The molecule has 0 aromatic carbocycles. The zero-order valence-electron chi connectivity index (χ0n) is 11.2. The molecule has 1 N–H and O–H groups in total. The molecule has 17 heavy (non-hydrogen) atoms. The van der Waals surface area contributed by atoms with Gasteiger partial charge in [-0.15, -0.1) is 11.3 Å². The maximum atomic E-state index is 4.64. The molecule has 1 aliphatic heterocycles. The van der Waals surface area contributed by atoms with Crippen LogP contribution in [-0.4, -0.2) is 35.6 Å². The first-order valence-corrected chi connectivity index (χ1v) is 7.36. The molecular weight excluding hydrogens is 230 g/mol. The molecule has 1 saturated heterocycles. The first-order chi connectivity index (χ1) is 8.09. The highest BCUT2D eigenvalue weighted by molar-refractivity contribution is 7.09. The van der Waals surface area contributed by atoms with Crippen molar-refractivity contribution in [3.8, 4) is 0 Å². The van der Waals surface area contributed by atoms with Gasteiger partial charge >= 0.3 is 0 Å². The highest BCUT2D eigenvalue weighted by atomic mass is 32.1. The topological polar surface area (TPSA) is 28.2 Å². The zero-order chi connectivity index (χ0) is 12.4. The molecule has 0 aliphatic carbocycles. The van der Waals surface area contributed by atoms with Gasteiger partial charge < -0.3 is 5.32 Å². The largest absolute Gasteiger partial charge is 0.314 e. The van der Waals surface area contributed by atoms with Crippen LogP contribution in [0.2, 0.25) is 0 Å². The van der Waals surface area contributed by atoms with Crippen molar-refractivity contribution in [3.05, 3.63) is 16.1 Å². The number of aromatic nitrogens is 1. The van der Waals surface area contributed by atoms with Crippen LogP contribution in [0.4, 0.5) is 0 Å². The van der Waals surface area contributed by atoms with Crippen molar-refractivity contribution >= 4 is 11.3 Å². The average molecular weight is 253 g/mol. The molecule has 2 atom stereocenters. The lowest BCUT2D eigenvalue weighted by molar-refractivity contribution is 0.0842. The van der Waals surface area contributed by atoms with Crippen molar-refractivity contribution in [2.45, 2.75) is 39.8 Å². The Balaban J connectivity index is 2.13. The maximum absolute atomic E-state index is 4.64. The summed E-state index contributed by atoms with van der Waals surface area (Å²) >= 11 is 1.79. The quantitative estimate of drug-likeness (QED) is 0.897. The monoisotopic (exact) mass is 253 g/mol. The molecule has 0 amide bonds. The third kappa shape index (κ3) is 2.87. The fourth-order valence-electron chi connectivity index (χ4n) is 2.55. The second-order valence-electron chi connectivity index (χ2n) is 5.26. The van der Waals surface area contributed by atoms with Crippen LogP contribution in [0, 0.1) is 12.8 Å². The van der Waals surface area contributed by atoms with Crippen LogP contribution in [0.25, 0.3) is 0 Å². The van der Waals surface area contributed by atoms with Gasteiger partial charge in [-0.2, -0.15) is 0 Å². The smallest absolute Gasteiger partial charge is 0.110 e. The van der Waals surface area contributed by atoms with Gasteiger partial charge in [0, 0.05) is 36.8 Å². The van der Waals surface area contributed by atoms with Crippen molar-refractivity contribution in [3.63, 3.8) is 0 Å². The van der Waals surface area contributed by atoms with E-state index in [2.05, 4.69) is 48.3 Å². The van der Waals surface area contributed by atoms with Crippen LogP contribution in [0.5, 0.6) is 0 Å². The molecule has 3 nitrogen and oxygen atoms in total. The molecule has 96 valence electrons. The molecule has 0 spiro atoms. The van der Waals surface area contributed by atoms with Gasteiger partial charge in [0.05, 0.1) is 6.04 Å². The molecular formula is C13H23N3S. The Hall–Kier alpha value is -0.450. The van der Waals surface area contributed by atoms with Crippen molar-refractivity contribution in [1.82, 2.24) is 15.2 Å². The second-order valence-corrected chi connectivity index (χ2v) is 6.15. The van der Waals surface area contributed by atoms with Crippen LogP contribution in [0.15, 0.2) is 5.38 Å². The normalized spacial score (nSPS) is 24.2. The Bertz CT molecular complexity index is 361. The van der Waals surface area contributed by atoms with Crippen LogP contribution in [0.1, 0.15) is 37.5 Å². The van der Waals surface area contributed by atoms with E-state index < -0.39 is 0 Å². The van der Waals surface area contributed by atoms with Gasteiger partial charge in [-0.1, -0.05) is 13.8 Å². The maximum Gasteiger partial charge on any atom is 0.110 e. The van der Waals surface area contributed by atoms with E-state index in [1.165, 1.54) is 5.01 Å². The van der Waals surface area contributed by atoms with Crippen LogP contribution < -0.4 is 5.32 Å². The predicted molar refractivity (Wildman–Crippen MR) is 73.5 cm³/mol. The lowest BCUT2D eigenvalue weighted by Gasteiger charge is -2.41. The van der Waals surface area contributed by atoms with E-state index in [0.717, 1.165) is 25.3 Å². The second kappa shape index (κ2) is 5.46. The Morgan fingerprint density at radius 3 is 2.82 bits per heavy atom. The Morgan fingerprint density at radius 1 is 1.47 bits per heavy atom. The van der Waals surface area contributed by atoms with Crippen molar-refractivity contribution in [2.24, 2.45) is 5.92 Å². The summed E-state index contributed by atoms with van der Waals surface area (Å²) in [6, 6.07) is 1.08. The first kappa shape index (κ1) is 13.0. The number of aryl methyl sites for hydroxylation is 1. The number of hydrogen-bond acceptors (Lipinski definition) is 4. The van der Waals surface area contributed by atoms with E-state index in [1.54, 1.807) is 11.3 Å². The molecule has 0 bridgehead atoms. The van der Waals surface area contributed by atoms with E-state index in [0.29, 0.717) is 18.0 Å². The van der Waals surface area contributed by atoms with Gasteiger partial charge in [0.15, 0.2) is 0 Å². The molecule has 0 radical (unpaired) electrons. The molecule has 0 saturated carbocycles. The SMILES string of the molecule is Cc1csc(C(C)N2CCNCC2C(C)C)n1. The predicted octanol–water partition coefficient (Wildman–Crippen LogP) is 2.44. The number of piperazine rings is 1. The highest BCUT2D eigenvalue weighted by Gasteiger charge is 2.30. The number of thiazole rings is 1. The van der Waals surface area contributed by atoms with Crippen LogP contribution >= 0.6 is 11.3 Å². The van der Waals surface area contributed by atoms with E-state index in [1.807, 2.05) is 0 Å². The summed E-state index contributed by atoms with van der Waals surface area (Å²) in [6.07, 6.45) is 0. The van der Waals surface area contributed by atoms with Gasteiger partial charge in [0.25, 0.3) is 0 Å². The van der Waals surface area contributed by atoms with Gasteiger partial charge in [-0.05, 0) is 19.8 Å². The summed E-state index contributed by atoms with van der Waals surface area (Å²) in [5.74, 6) is 0.686. The zero-order valence-corrected chi connectivity index (χ0v) is 12.0. The minimum absolute atomic E-state index is 0.447. The Morgan fingerprint density at radius 2 is 2.24 bits per heavy atom. The molecule has 1 fully saturated rings. The Kier molecular flexibility index (Phi) is 4.17. The molecule has 1 aromatic rings. The fourth-order valence-corrected chi connectivity index (χ4v) is 3.42. The summed E-state index contributed by atoms with van der Waals surface area (Å²) in [4.78, 5) is 7.25. The average Bonchev–Trinajstić information content (AvgIpc) is 2.75. The van der Waals surface area contributed by atoms with E-state index in [9.17, 15) is 0 Å². The lowest BCUT2D eigenvalue weighted by atomic mass is 9.99. The highest BCUT2D eigenvalue weighted by Crippen LogP contribution is 2.28. The Labute approximate surface area is 108 Å². The van der Waals surface area contributed by atoms with E-state index in [-0.39, 0.29) is 0 Å². The fraction of sp³-hybridized carbons (Fsp3) is 0.769. The number of rotatable bonds is 3. The molecule has 1 aromatic heterocycles. The summed E-state index contributed by atoms with van der Waals surface area (Å²) in [5, 5.41) is 6.91. The number of nitrogens with one attached hydrogen (secondary N) is 1. The summed E-state index contributed by atoms with van der Waals surface area (Å²) < 4.78 is 0.